The van der Waals surface area contributed by atoms with Crippen molar-refractivity contribution in [1.29, 1.82) is 0 Å². The first kappa shape index (κ1) is 10.8. The number of aryl methyl sites for hydroxylation is 1. The quantitative estimate of drug-likeness (QED) is 0.605. The highest BCUT2D eigenvalue weighted by Gasteiger charge is 1.97. The van der Waals surface area contributed by atoms with Crippen molar-refractivity contribution in [2.75, 3.05) is 6.61 Å². The van der Waals surface area contributed by atoms with Gasteiger partial charge in [0, 0.05) is 3.57 Å². The molecule has 0 atom stereocenters. The minimum atomic E-state index is 0.830. The summed E-state index contributed by atoms with van der Waals surface area (Å²) in [6.07, 6.45) is 2.31. The predicted molar refractivity (Wildman–Crippen MR) is 64.3 cm³/mol. The zero-order valence-electron chi connectivity index (χ0n) is 8.14. The highest BCUT2D eigenvalue weighted by atomic mass is 127. The Morgan fingerprint density at radius 3 is 2.77 bits per heavy atom. The molecule has 72 valence electrons. The summed E-state index contributed by atoms with van der Waals surface area (Å²) in [5.74, 6) is 0.992. The largest absolute Gasteiger partial charge is 0.494 e. The van der Waals surface area contributed by atoms with Crippen LogP contribution in [0.1, 0.15) is 25.3 Å². The van der Waals surface area contributed by atoms with E-state index in [0.717, 1.165) is 18.8 Å². The number of rotatable bonds is 4. The van der Waals surface area contributed by atoms with Gasteiger partial charge in [-0.05, 0) is 59.7 Å². The standard InChI is InChI=1S/C11H15IO/c1-3-4-7-13-10-5-6-11(12)9(2)8-10/h5-6,8H,3-4,7H2,1-2H3. The minimum Gasteiger partial charge on any atom is -0.494 e. The van der Waals surface area contributed by atoms with Crippen molar-refractivity contribution >= 4 is 22.6 Å². The Morgan fingerprint density at radius 1 is 1.38 bits per heavy atom. The van der Waals surface area contributed by atoms with E-state index in [9.17, 15) is 0 Å². The van der Waals surface area contributed by atoms with Crippen molar-refractivity contribution in [1.82, 2.24) is 0 Å². The van der Waals surface area contributed by atoms with Crippen LogP contribution in [0.25, 0.3) is 0 Å². The first-order valence-electron chi connectivity index (χ1n) is 4.63. The molecule has 0 unspecified atom stereocenters. The molecule has 0 N–H and O–H groups in total. The fourth-order valence-electron chi connectivity index (χ4n) is 1.04. The molecule has 0 aromatic heterocycles. The summed E-state index contributed by atoms with van der Waals surface area (Å²) in [6.45, 7) is 5.10. The average Bonchev–Trinajstić information content (AvgIpc) is 2.12. The number of benzene rings is 1. The zero-order chi connectivity index (χ0) is 9.68. The van der Waals surface area contributed by atoms with Crippen molar-refractivity contribution in [3.63, 3.8) is 0 Å². The molecule has 1 nitrogen and oxygen atoms in total. The SMILES string of the molecule is CCCCOc1ccc(I)c(C)c1. The smallest absolute Gasteiger partial charge is 0.119 e. The van der Waals surface area contributed by atoms with E-state index in [0.29, 0.717) is 0 Å². The van der Waals surface area contributed by atoms with Crippen molar-refractivity contribution in [2.45, 2.75) is 26.7 Å². The fraction of sp³-hybridized carbons (Fsp3) is 0.455. The van der Waals surface area contributed by atoms with Crippen LogP contribution >= 0.6 is 22.6 Å². The van der Waals surface area contributed by atoms with Crippen LogP contribution in [0, 0.1) is 10.5 Å². The molecule has 0 heterocycles. The van der Waals surface area contributed by atoms with Gasteiger partial charge in [0.15, 0.2) is 0 Å². The summed E-state index contributed by atoms with van der Waals surface area (Å²) in [4.78, 5) is 0. The van der Waals surface area contributed by atoms with Gasteiger partial charge in [0.2, 0.25) is 0 Å². The molecule has 1 aromatic rings. The normalized spacial score (nSPS) is 10.1. The molecular formula is C11H15IO. The van der Waals surface area contributed by atoms with Gasteiger partial charge in [0.25, 0.3) is 0 Å². The number of unbranched alkanes of at least 4 members (excludes halogenated alkanes) is 1. The molecule has 0 saturated carbocycles. The van der Waals surface area contributed by atoms with Gasteiger partial charge in [-0.25, -0.2) is 0 Å². The Balaban J connectivity index is 2.53. The van der Waals surface area contributed by atoms with Crippen LogP contribution in [-0.4, -0.2) is 6.61 Å². The van der Waals surface area contributed by atoms with E-state index in [2.05, 4.69) is 48.6 Å². The maximum absolute atomic E-state index is 5.58. The molecule has 0 bridgehead atoms. The van der Waals surface area contributed by atoms with Crippen LogP contribution in [0.15, 0.2) is 18.2 Å². The van der Waals surface area contributed by atoms with Gasteiger partial charge in [-0.2, -0.15) is 0 Å². The topological polar surface area (TPSA) is 9.23 Å². The second-order valence-corrected chi connectivity index (χ2v) is 4.28. The van der Waals surface area contributed by atoms with Crippen LogP contribution in [0.2, 0.25) is 0 Å². The lowest BCUT2D eigenvalue weighted by atomic mass is 10.2. The maximum atomic E-state index is 5.58. The maximum Gasteiger partial charge on any atom is 0.119 e. The number of hydrogen-bond donors (Lipinski definition) is 0. The lowest BCUT2D eigenvalue weighted by Crippen LogP contribution is -1.96. The third-order valence-corrected chi connectivity index (χ3v) is 3.11. The van der Waals surface area contributed by atoms with Gasteiger partial charge in [-0.3, -0.25) is 0 Å². The Morgan fingerprint density at radius 2 is 2.15 bits per heavy atom. The summed E-state index contributed by atoms with van der Waals surface area (Å²) in [7, 11) is 0. The van der Waals surface area contributed by atoms with E-state index in [1.807, 2.05) is 6.07 Å². The van der Waals surface area contributed by atoms with E-state index >= 15 is 0 Å². The zero-order valence-corrected chi connectivity index (χ0v) is 10.3. The highest BCUT2D eigenvalue weighted by molar-refractivity contribution is 14.1. The van der Waals surface area contributed by atoms with E-state index < -0.39 is 0 Å². The van der Waals surface area contributed by atoms with Gasteiger partial charge >= 0.3 is 0 Å². The van der Waals surface area contributed by atoms with Crippen LogP contribution in [0.4, 0.5) is 0 Å². The summed E-state index contributed by atoms with van der Waals surface area (Å²) in [5, 5.41) is 0. The van der Waals surface area contributed by atoms with Crippen LogP contribution in [0.3, 0.4) is 0 Å². The van der Waals surface area contributed by atoms with Crippen LogP contribution < -0.4 is 4.74 Å². The van der Waals surface area contributed by atoms with Gasteiger partial charge < -0.3 is 4.74 Å². The first-order chi connectivity index (χ1) is 6.24. The van der Waals surface area contributed by atoms with Gasteiger partial charge in [0.1, 0.15) is 5.75 Å². The third-order valence-electron chi connectivity index (χ3n) is 1.90. The second kappa shape index (κ2) is 5.47. The molecule has 1 rings (SSSR count). The Kier molecular flexibility index (Phi) is 4.56. The van der Waals surface area contributed by atoms with Crippen molar-refractivity contribution < 1.29 is 4.74 Å². The lowest BCUT2D eigenvalue weighted by Gasteiger charge is -2.06. The minimum absolute atomic E-state index is 0.830. The van der Waals surface area contributed by atoms with Crippen LogP contribution in [0.5, 0.6) is 5.75 Å². The molecule has 0 fully saturated rings. The molecule has 0 saturated heterocycles. The van der Waals surface area contributed by atoms with Crippen molar-refractivity contribution in [3.8, 4) is 5.75 Å². The Bertz CT molecular complexity index is 271. The van der Waals surface area contributed by atoms with Crippen LogP contribution in [-0.2, 0) is 0 Å². The highest BCUT2D eigenvalue weighted by Crippen LogP contribution is 2.18. The first-order valence-corrected chi connectivity index (χ1v) is 5.71. The van der Waals surface area contributed by atoms with Gasteiger partial charge in [-0.1, -0.05) is 13.3 Å². The Labute approximate surface area is 93.6 Å². The summed E-state index contributed by atoms with van der Waals surface area (Å²) in [5.41, 5.74) is 1.29. The molecular weight excluding hydrogens is 275 g/mol. The summed E-state index contributed by atoms with van der Waals surface area (Å²) < 4.78 is 6.87. The summed E-state index contributed by atoms with van der Waals surface area (Å²) in [6, 6.07) is 6.22. The van der Waals surface area contributed by atoms with Gasteiger partial charge in [0.05, 0.1) is 6.61 Å². The number of hydrogen-bond acceptors (Lipinski definition) is 1. The Hall–Kier alpha value is -0.250. The second-order valence-electron chi connectivity index (χ2n) is 3.11. The average molecular weight is 290 g/mol. The molecule has 2 heteroatoms. The lowest BCUT2D eigenvalue weighted by molar-refractivity contribution is 0.309. The number of halogens is 1. The summed E-state index contributed by atoms with van der Waals surface area (Å²) >= 11 is 2.33. The molecule has 0 radical (unpaired) electrons. The predicted octanol–water partition coefficient (Wildman–Crippen LogP) is 3.78. The monoisotopic (exact) mass is 290 g/mol. The molecule has 0 aliphatic rings. The van der Waals surface area contributed by atoms with E-state index in [1.165, 1.54) is 15.6 Å². The van der Waals surface area contributed by atoms with E-state index in [-0.39, 0.29) is 0 Å². The third kappa shape index (κ3) is 3.55. The van der Waals surface area contributed by atoms with Crippen molar-refractivity contribution in [3.05, 3.63) is 27.3 Å². The van der Waals surface area contributed by atoms with Gasteiger partial charge in [-0.15, -0.1) is 0 Å². The molecule has 0 spiro atoms. The molecule has 1 aromatic carbocycles. The molecule has 13 heavy (non-hydrogen) atoms. The van der Waals surface area contributed by atoms with Crippen molar-refractivity contribution in [2.24, 2.45) is 0 Å². The molecule has 0 aliphatic heterocycles. The number of ether oxygens (including phenoxy) is 1. The van der Waals surface area contributed by atoms with E-state index in [1.54, 1.807) is 0 Å². The molecule has 0 amide bonds. The fourth-order valence-corrected chi connectivity index (χ4v) is 1.38. The van der Waals surface area contributed by atoms with E-state index in [4.69, 9.17) is 4.74 Å². The molecule has 0 aliphatic carbocycles.